The van der Waals surface area contributed by atoms with Gasteiger partial charge in [-0.1, -0.05) is 42.5 Å². The molecule has 2 aromatic carbocycles. The van der Waals surface area contributed by atoms with Gasteiger partial charge in [0.25, 0.3) is 0 Å². The normalized spacial score (nSPS) is 17.8. The van der Waals surface area contributed by atoms with E-state index < -0.39 is 0 Å². The maximum absolute atomic E-state index is 5.79. The maximum atomic E-state index is 5.79. The lowest BCUT2D eigenvalue weighted by molar-refractivity contribution is 0.526. The lowest BCUT2D eigenvalue weighted by Gasteiger charge is -2.26. The zero-order valence-electron chi connectivity index (χ0n) is 12.2. The van der Waals surface area contributed by atoms with Crippen LogP contribution in [0.3, 0.4) is 0 Å². The minimum Gasteiger partial charge on any atom is -0.330 e. The minimum atomic E-state index is 0.660. The molecule has 0 saturated heterocycles. The van der Waals surface area contributed by atoms with E-state index in [1.54, 1.807) is 5.56 Å². The number of rotatable bonds is 3. The van der Waals surface area contributed by atoms with Gasteiger partial charge in [-0.05, 0) is 72.9 Å². The van der Waals surface area contributed by atoms with Crippen molar-refractivity contribution >= 4 is 0 Å². The number of nitrogens with two attached hydrogens (primary N) is 1. The van der Waals surface area contributed by atoms with Crippen molar-refractivity contribution in [3.8, 4) is 11.1 Å². The molecule has 0 fully saturated rings. The van der Waals surface area contributed by atoms with E-state index in [9.17, 15) is 0 Å². The van der Waals surface area contributed by atoms with Crippen LogP contribution >= 0.6 is 0 Å². The van der Waals surface area contributed by atoms with Crippen LogP contribution in [0.15, 0.2) is 42.5 Å². The van der Waals surface area contributed by atoms with E-state index >= 15 is 0 Å². The Morgan fingerprint density at radius 3 is 2.80 bits per heavy atom. The first-order chi connectivity index (χ1) is 9.79. The molecule has 3 rings (SSSR count). The summed E-state index contributed by atoms with van der Waals surface area (Å²) < 4.78 is 0. The summed E-state index contributed by atoms with van der Waals surface area (Å²) >= 11 is 0. The van der Waals surface area contributed by atoms with Crippen LogP contribution in [0.25, 0.3) is 11.1 Å². The van der Waals surface area contributed by atoms with Gasteiger partial charge in [-0.25, -0.2) is 0 Å². The second-order valence-corrected chi connectivity index (χ2v) is 5.90. The molecule has 1 nitrogen and oxygen atoms in total. The first kappa shape index (κ1) is 13.4. The smallest absolute Gasteiger partial charge is 0.00714 e. The van der Waals surface area contributed by atoms with E-state index in [-0.39, 0.29) is 0 Å². The van der Waals surface area contributed by atoms with Crippen LogP contribution in [0.2, 0.25) is 0 Å². The Morgan fingerprint density at radius 2 is 2.00 bits per heavy atom. The van der Waals surface area contributed by atoms with Crippen LogP contribution in [-0.2, 0) is 6.42 Å². The zero-order valence-corrected chi connectivity index (χ0v) is 12.2. The second-order valence-electron chi connectivity index (χ2n) is 5.90. The molecule has 0 bridgehead atoms. The minimum absolute atomic E-state index is 0.660. The Kier molecular flexibility index (Phi) is 3.88. The Morgan fingerprint density at radius 1 is 1.15 bits per heavy atom. The fraction of sp³-hybridized carbons (Fsp3) is 0.368. The lowest BCUT2D eigenvalue weighted by Crippen LogP contribution is -2.14. The van der Waals surface area contributed by atoms with E-state index in [0.717, 1.165) is 13.0 Å². The van der Waals surface area contributed by atoms with Crippen LogP contribution in [0.5, 0.6) is 0 Å². The molecular formula is C19H23N. The summed E-state index contributed by atoms with van der Waals surface area (Å²) in [6.45, 7) is 2.98. The molecule has 1 atom stereocenters. The van der Waals surface area contributed by atoms with Gasteiger partial charge >= 0.3 is 0 Å². The second kappa shape index (κ2) is 5.80. The molecular weight excluding hydrogens is 242 g/mol. The van der Waals surface area contributed by atoms with Crippen LogP contribution < -0.4 is 5.73 Å². The third-order valence-electron chi connectivity index (χ3n) is 4.56. The van der Waals surface area contributed by atoms with Crippen molar-refractivity contribution in [1.29, 1.82) is 0 Å². The number of benzene rings is 2. The molecule has 0 spiro atoms. The molecule has 0 heterocycles. The fourth-order valence-electron chi connectivity index (χ4n) is 3.46. The molecule has 2 N–H and O–H groups in total. The van der Waals surface area contributed by atoms with Gasteiger partial charge in [-0.15, -0.1) is 0 Å². The molecule has 104 valence electrons. The molecule has 0 radical (unpaired) electrons. The van der Waals surface area contributed by atoms with Gasteiger partial charge in [-0.3, -0.25) is 0 Å². The van der Waals surface area contributed by atoms with Crippen molar-refractivity contribution in [3.05, 3.63) is 59.2 Å². The van der Waals surface area contributed by atoms with Gasteiger partial charge in [-0.2, -0.15) is 0 Å². The third-order valence-corrected chi connectivity index (χ3v) is 4.56. The molecule has 2 aromatic rings. The van der Waals surface area contributed by atoms with E-state index in [0.29, 0.717) is 5.92 Å². The van der Waals surface area contributed by atoms with Gasteiger partial charge in [0.1, 0.15) is 0 Å². The molecule has 0 saturated carbocycles. The van der Waals surface area contributed by atoms with Crippen LogP contribution in [0.4, 0.5) is 0 Å². The summed E-state index contributed by atoms with van der Waals surface area (Å²) in [7, 11) is 0. The average Bonchev–Trinajstić information content (AvgIpc) is 2.48. The standard InChI is InChI=1S/C19H23N/c1-14-5-2-3-8-18(14)17-10-9-15-6-4-7-16(11-12-20)19(15)13-17/h2-3,5,8-10,13,16H,4,6-7,11-12,20H2,1H3. The quantitative estimate of drug-likeness (QED) is 0.873. The Labute approximate surface area is 121 Å². The summed E-state index contributed by atoms with van der Waals surface area (Å²) in [5, 5.41) is 0. The van der Waals surface area contributed by atoms with Crippen molar-refractivity contribution in [2.24, 2.45) is 5.73 Å². The van der Waals surface area contributed by atoms with Crippen molar-refractivity contribution in [2.75, 3.05) is 6.54 Å². The van der Waals surface area contributed by atoms with E-state index in [1.165, 1.54) is 41.5 Å². The Hall–Kier alpha value is -1.60. The maximum Gasteiger partial charge on any atom is -0.00714 e. The number of aryl methyl sites for hydroxylation is 2. The van der Waals surface area contributed by atoms with Crippen LogP contribution in [0.1, 0.15) is 41.9 Å². The number of hydrogen-bond donors (Lipinski definition) is 1. The topological polar surface area (TPSA) is 26.0 Å². The molecule has 20 heavy (non-hydrogen) atoms. The monoisotopic (exact) mass is 265 g/mol. The first-order valence-electron chi connectivity index (χ1n) is 7.68. The average molecular weight is 265 g/mol. The molecule has 1 aliphatic rings. The lowest BCUT2D eigenvalue weighted by atomic mass is 9.79. The van der Waals surface area contributed by atoms with Crippen LogP contribution in [-0.4, -0.2) is 6.54 Å². The van der Waals surface area contributed by atoms with E-state index in [1.807, 2.05) is 0 Å². The van der Waals surface area contributed by atoms with Crippen molar-refractivity contribution in [2.45, 2.75) is 38.5 Å². The Balaban J connectivity index is 2.03. The number of fused-ring (bicyclic) bond motifs is 1. The van der Waals surface area contributed by atoms with Gasteiger partial charge in [0.15, 0.2) is 0 Å². The highest BCUT2D eigenvalue weighted by atomic mass is 14.5. The molecule has 0 aliphatic heterocycles. The predicted molar refractivity (Wildman–Crippen MR) is 86.0 cm³/mol. The van der Waals surface area contributed by atoms with Gasteiger partial charge in [0, 0.05) is 0 Å². The highest BCUT2D eigenvalue weighted by molar-refractivity contribution is 5.68. The molecule has 1 heteroatoms. The largest absolute Gasteiger partial charge is 0.330 e. The van der Waals surface area contributed by atoms with Crippen molar-refractivity contribution < 1.29 is 0 Å². The van der Waals surface area contributed by atoms with Gasteiger partial charge in [0.2, 0.25) is 0 Å². The van der Waals surface area contributed by atoms with Crippen LogP contribution in [0, 0.1) is 6.92 Å². The number of hydrogen-bond acceptors (Lipinski definition) is 1. The molecule has 1 aliphatic carbocycles. The molecule has 1 unspecified atom stereocenters. The van der Waals surface area contributed by atoms with E-state index in [4.69, 9.17) is 5.73 Å². The fourth-order valence-corrected chi connectivity index (χ4v) is 3.46. The summed E-state index contributed by atoms with van der Waals surface area (Å²) in [5.41, 5.74) is 12.9. The summed E-state index contributed by atoms with van der Waals surface area (Å²) in [6, 6.07) is 15.7. The zero-order chi connectivity index (χ0) is 13.9. The first-order valence-corrected chi connectivity index (χ1v) is 7.68. The summed E-state index contributed by atoms with van der Waals surface area (Å²) in [5.74, 6) is 0.660. The predicted octanol–water partition coefficient (Wildman–Crippen LogP) is 4.43. The summed E-state index contributed by atoms with van der Waals surface area (Å²) in [4.78, 5) is 0. The van der Waals surface area contributed by atoms with E-state index in [2.05, 4.69) is 49.4 Å². The van der Waals surface area contributed by atoms with Gasteiger partial charge in [0.05, 0.1) is 0 Å². The highest BCUT2D eigenvalue weighted by Crippen LogP contribution is 2.36. The Bertz CT molecular complexity index is 600. The molecule has 0 amide bonds. The molecule has 0 aromatic heterocycles. The van der Waals surface area contributed by atoms with Crippen molar-refractivity contribution in [3.63, 3.8) is 0 Å². The van der Waals surface area contributed by atoms with Gasteiger partial charge < -0.3 is 5.73 Å². The SMILES string of the molecule is Cc1ccccc1-c1ccc2c(c1)C(CCN)CCC2. The summed E-state index contributed by atoms with van der Waals surface area (Å²) in [6.07, 6.45) is 4.94. The highest BCUT2D eigenvalue weighted by Gasteiger charge is 2.20. The third kappa shape index (κ3) is 2.51. The van der Waals surface area contributed by atoms with Crippen molar-refractivity contribution in [1.82, 2.24) is 0 Å².